The highest BCUT2D eigenvalue weighted by Crippen LogP contribution is 2.50. The first-order chi connectivity index (χ1) is 15.5. The molecule has 2 aromatic rings. The summed E-state index contributed by atoms with van der Waals surface area (Å²) < 4.78 is 43.2. The van der Waals surface area contributed by atoms with Gasteiger partial charge < -0.3 is 10.2 Å². The van der Waals surface area contributed by atoms with Crippen molar-refractivity contribution in [2.24, 2.45) is 5.92 Å². The summed E-state index contributed by atoms with van der Waals surface area (Å²) in [5.74, 6) is 0.248. The third-order valence-corrected chi connectivity index (χ3v) is 8.07. The zero-order valence-electron chi connectivity index (χ0n) is 18.4. The summed E-state index contributed by atoms with van der Waals surface area (Å²) in [6, 6.07) is 4.02. The van der Waals surface area contributed by atoms with Crippen molar-refractivity contribution in [2.45, 2.75) is 63.6 Å². The molecule has 0 radical (unpaired) electrons. The predicted octanol–water partition coefficient (Wildman–Crippen LogP) is 6.70. The van der Waals surface area contributed by atoms with Gasteiger partial charge in [0.25, 0.3) is 0 Å². The molecule has 0 saturated carbocycles. The monoisotopic (exact) mass is 519 g/mol. The molecule has 2 heterocycles. The molecule has 0 spiro atoms. The van der Waals surface area contributed by atoms with Gasteiger partial charge in [0.05, 0.1) is 16.6 Å². The zero-order chi connectivity index (χ0) is 24.0. The molecule has 2 unspecified atom stereocenters. The van der Waals surface area contributed by atoms with E-state index in [2.05, 4.69) is 5.32 Å². The van der Waals surface area contributed by atoms with Gasteiger partial charge in [0.15, 0.2) is 5.13 Å². The van der Waals surface area contributed by atoms with Crippen molar-refractivity contribution in [2.75, 3.05) is 18.0 Å². The van der Waals surface area contributed by atoms with E-state index in [1.165, 1.54) is 29.5 Å². The van der Waals surface area contributed by atoms with E-state index in [1.54, 1.807) is 4.90 Å². The summed E-state index contributed by atoms with van der Waals surface area (Å²) in [4.78, 5) is 19.7. The number of amides is 1. The minimum atomic E-state index is -4.47. The average Bonchev–Trinajstić information content (AvgIpc) is 3.32. The SMILES string of the molecule is CC(C)CC(=O)NC1CCCc2nc(N3CCC(c4cc(Cl)cc(Cl)c4)(C(F)(F)F)C3)sc21. The fourth-order valence-corrected chi connectivity index (χ4v) is 6.49. The molecule has 1 aliphatic heterocycles. The van der Waals surface area contributed by atoms with Crippen molar-refractivity contribution in [1.29, 1.82) is 0 Å². The lowest BCUT2D eigenvalue weighted by Crippen LogP contribution is -2.44. The van der Waals surface area contributed by atoms with Crippen molar-refractivity contribution in [3.8, 4) is 0 Å². The number of hydrogen-bond acceptors (Lipinski definition) is 4. The number of nitrogens with zero attached hydrogens (tertiary/aromatic N) is 2. The topological polar surface area (TPSA) is 45.2 Å². The lowest BCUT2D eigenvalue weighted by atomic mass is 9.79. The number of aryl methyl sites for hydroxylation is 1. The van der Waals surface area contributed by atoms with Gasteiger partial charge >= 0.3 is 6.18 Å². The summed E-state index contributed by atoms with van der Waals surface area (Å²) in [6.07, 6.45) is -1.67. The van der Waals surface area contributed by atoms with Gasteiger partial charge in [-0.1, -0.05) is 48.4 Å². The van der Waals surface area contributed by atoms with E-state index in [1.807, 2.05) is 13.8 Å². The molecule has 33 heavy (non-hydrogen) atoms. The van der Waals surface area contributed by atoms with Gasteiger partial charge in [0, 0.05) is 29.6 Å². The van der Waals surface area contributed by atoms with Crippen LogP contribution >= 0.6 is 34.5 Å². The molecule has 2 atom stereocenters. The molecule has 1 aromatic carbocycles. The van der Waals surface area contributed by atoms with Crippen LogP contribution < -0.4 is 10.2 Å². The molecular weight excluding hydrogens is 494 g/mol. The quantitative estimate of drug-likeness (QED) is 0.477. The molecule has 180 valence electrons. The Hall–Kier alpha value is -1.51. The van der Waals surface area contributed by atoms with Crippen molar-refractivity contribution < 1.29 is 18.0 Å². The first-order valence-corrected chi connectivity index (χ1v) is 12.6. The Kier molecular flexibility index (Phi) is 6.91. The maximum atomic E-state index is 14.4. The minimum Gasteiger partial charge on any atom is -0.348 e. The van der Waals surface area contributed by atoms with E-state index >= 15 is 0 Å². The van der Waals surface area contributed by atoms with E-state index < -0.39 is 11.6 Å². The van der Waals surface area contributed by atoms with E-state index in [0.29, 0.717) is 11.6 Å². The van der Waals surface area contributed by atoms with Crippen LogP contribution in [-0.2, 0) is 16.6 Å². The Labute approximate surface area is 205 Å². The second-order valence-electron chi connectivity index (χ2n) is 9.33. The Bertz CT molecular complexity index is 1020. The van der Waals surface area contributed by atoms with E-state index in [-0.39, 0.29) is 53.0 Å². The van der Waals surface area contributed by atoms with Crippen LogP contribution in [0.1, 0.15) is 61.7 Å². The summed E-state index contributed by atoms with van der Waals surface area (Å²) in [7, 11) is 0. The van der Waals surface area contributed by atoms with Gasteiger partial charge in [-0.15, -0.1) is 0 Å². The van der Waals surface area contributed by atoms with Gasteiger partial charge in [-0.3, -0.25) is 4.79 Å². The van der Waals surface area contributed by atoms with Gasteiger partial charge in [-0.2, -0.15) is 13.2 Å². The molecule has 1 fully saturated rings. The number of alkyl halides is 3. The molecule has 1 aliphatic carbocycles. The maximum Gasteiger partial charge on any atom is 0.400 e. The minimum absolute atomic E-state index is 0.00658. The number of nitrogens with one attached hydrogen (secondary N) is 1. The van der Waals surface area contributed by atoms with Crippen molar-refractivity contribution in [3.63, 3.8) is 0 Å². The fourth-order valence-electron chi connectivity index (χ4n) is 4.74. The number of fused-ring (bicyclic) bond motifs is 1. The Morgan fingerprint density at radius 1 is 1.30 bits per heavy atom. The number of hydrogen-bond donors (Lipinski definition) is 1. The molecule has 1 aromatic heterocycles. The van der Waals surface area contributed by atoms with E-state index in [0.717, 1.165) is 29.8 Å². The fraction of sp³-hybridized carbons (Fsp3) is 0.565. The van der Waals surface area contributed by atoms with Crippen LogP contribution in [0.4, 0.5) is 18.3 Å². The Balaban J connectivity index is 1.60. The first-order valence-electron chi connectivity index (χ1n) is 11.1. The van der Waals surface area contributed by atoms with Crippen molar-refractivity contribution in [1.82, 2.24) is 10.3 Å². The number of rotatable bonds is 5. The highest BCUT2D eigenvalue weighted by Gasteiger charge is 2.59. The number of carbonyl (C=O) groups excluding carboxylic acids is 1. The molecule has 2 aliphatic rings. The standard InChI is InChI=1S/C23H26Cl2F3N3OS/c1-13(2)8-19(32)29-17-4-3-5-18-20(17)33-21(30-18)31-7-6-22(12-31,23(26,27)28)14-9-15(24)11-16(25)10-14/h9-11,13,17H,3-8,12H2,1-2H3,(H,29,32). The van der Waals surface area contributed by atoms with Gasteiger partial charge in [0.1, 0.15) is 5.41 Å². The third kappa shape index (κ3) is 4.98. The largest absolute Gasteiger partial charge is 0.400 e. The zero-order valence-corrected chi connectivity index (χ0v) is 20.8. The third-order valence-electron chi connectivity index (χ3n) is 6.37. The van der Waals surface area contributed by atoms with Crippen LogP contribution in [0, 0.1) is 5.92 Å². The summed E-state index contributed by atoms with van der Waals surface area (Å²) in [5, 5.41) is 4.04. The molecular formula is C23H26Cl2F3N3OS. The summed E-state index contributed by atoms with van der Waals surface area (Å²) in [6.45, 7) is 3.96. The number of thiazole rings is 1. The second kappa shape index (κ2) is 9.27. The summed E-state index contributed by atoms with van der Waals surface area (Å²) >= 11 is 13.5. The number of carbonyl (C=O) groups is 1. The number of benzene rings is 1. The second-order valence-corrected chi connectivity index (χ2v) is 11.2. The molecule has 4 nitrogen and oxygen atoms in total. The van der Waals surface area contributed by atoms with E-state index in [9.17, 15) is 18.0 Å². The Morgan fingerprint density at radius 3 is 2.64 bits per heavy atom. The normalized spacial score (nSPS) is 23.2. The molecule has 0 bridgehead atoms. The number of anilines is 1. The highest BCUT2D eigenvalue weighted by atomic mass is 35.5. The van der Waals surface area contributed by atoms with Crippen LogP contribution in [0.15, 0.2) is 18.2 Å². The predicted molar refractivity (Wildman–Crippen MR) is 126 cm³/mol. The number of aromatic nitrogens is 1. The lowest BCUT2D eigenvalue weighted by molar-refractivity contribution is -0.184. The van der Waals surface area contributed by atoms with Crippen LogP contribution in [0.5, 0.6) is 0 Å². The van der Waals surface area contributed by atoms with Crippen molar-refractivity contribution in [3.05, 3.63) is 44.4 Å². The maximum absolute atomic E-state index is 14.4. The van der Waals surface area contributed by atoms with E-state index in [4.69, 9.17) is 28.2 Å². The highest BCUT2D eigenvalue weighted by molar-refractivity contribution is 7.15. The van der Waals surface area contributed by atoms with Gasteiger partial charge in [0.2, 0.25) is 5.91 Å². The molecule has 4 rings (SSSR count). The first kappa shape index (κ1) is 24.6. The van der Waals surface area contributed by atoms with Crippen LogP contribution in [0.3, 0.4) is 0 Å². The molecule has 1 N–H and O–H groups in total. The van der Waals surface area contributed by atoms with Crippen LogP contribution in [-0.4, -0.2) is 30.2 Å². The Morgan fingerprint density at radius 2 is 2.00 bits per heavy atom. The van der Waals surface area contributed by atoms with Crippen molar-refractivity contribution >= 4 is 45.6 Å². The van der Waals surface area contributed by atoms with Gasteiger partial charge in [-0.05, 0) is 55.4 Å². The lowest BCUT2D eigenvalue weighted by Gasteiger charge is -2.32. The average molecular weight is 520 g/mol. The van der Waals surface area contributed by atoms with Crippen LogP contribution in [0.25, 0.3) is 0 Å². The summed E-state index contributed by atoms with van der Waals surface area (Å²) in [5.41, 5.74) is -1.11. The molecule has 1 amide bonds. The molecule has 10 heteroatoms. The molecule has 1 saturated heterocycles. The van der Waals surface area contributed by atoms with Gasteiger partial charge in [-0.25, -0.2) is 4.98 Å². The van der Waals surface area contributed by atoms with Crippen LogP contribution in [0.2, 0.25) is 10.0 Å². The number of halogens is 5. The smallest absolute Gasteiger partial charge is 0.348 e.